The Balaban J connectivity index is 1.82. The van der Waals surface area contributed by atoms with Crippen molar-refractivity contribution in [2.24, 2.45) is 4.99 Å². The van der Waals surface area contributed by atoms with Gasteiger partial charge in [0.1, 0.15) is 5.75 Å². The van der Waals surface area contributed by atoms with Crippen molar-refractivity contribution in [2.45, 2.75) is 19.9 Å². The number of carbonyl (C=O) groups is 2. The molecule has 3 aromatic rings. The lowest BCUT2D eigenvalue weighted by molar-refractivity contribution is -0.143. The molecule has 0 amide bonds. The van der Waals surface area contributed by atoms with Gasteiger partial charge in [0, 0.05) is 6.20 Å². The number of ether oxygens (including phenoxy) is 5. The summed E-state index contributed by atoms with van der Waals surface area (Å²) in [6.07, 6.45) is 3.18. The average molecular weight is 757 g/mol. The first-order valence-electron chi connectivity index (χ1n) is 12.4. The van der Waals surface area contributed by atoms with E-state index < -0.39 is 18.0 Å². The number of thiazole rings is 1. The molecule has 0 saturated heterocycles. The summed E-state index contributed by atoms with van der Waals surface area (Å²) in [5, 5.41) is 0. The van der Waals surface area contributed by atoms with Crippen LogP contribution in [0.5, 0.6) is 17.2 Å². The van der Waals surface area contributed by atoms with Gasteiger partial charge in [-0.05, 0) is 93.8 Å². The molecule has 216 valence electrons. The van der Waals surface area contributed by atoms with Crippen LogP contribution in [0.25, 0.3) is 6.08 Å². The standard InChI is InChI=1S/C28H26BrIN2O8S/c1-5-38-20-8-7-16(12-21(20)39-6-2)24-17(27(35)37-4)13-31-28-32(24)26(34)22(41-28)11-15-9-18(29)25(19(30)10-15)40-14-23(33)36-3/h7-13,24H,5-6,14H2,1-4H3/b22-11-/t24-/m1/s1. The fourth-order valence-electron chi connectivity index (χ4n) is 4.13. The van der Waals surface area contributed by atoms with Crippen LogP contribution in [-0.2, 0) is 19.1 Å². The predicted octanol–water partition coefficient (Wildman–Crippen LogP) is 3.73. The van der Waals surface area contributed by atoms with Crippen LogP contribution < -0.4 is 29.1 Å². The molecule has 1 aliphatic rings. The molecular weight excluding hydrogens is 731 g/mol. The molecular formula is C28H26BrIN2O8S. The Morgan fingerprint density at radius 3 is 2.46 bits per heavy atom. The molecule has 0 N–H and O–H groups in total. The van der Waals surface area contributed by atoms with E-state index in [0.29, 0.717) is 49.8 Å². The summed E-state index contributed by atoms with van der Waals surface area (Å²) in [5.74, 6) is 0.455. The third-order valence-electron chi connectivity index (χ3n) is 5.89. The summed E-state index contributed by atoms with van der Waals surface area (Å²) < 4.78 is 30.0. The quantitative estimate of drug-likeness (QED) is 0.227. The van der Waals surface area contributed by atoms with Crippen LogP contribution in [-0.4, -0.2) is 50.5 Å². The van der Waals surface area contributed by atoms with Crippen LogP contribution in [0.3, 0.4) is 0 Å². The Bertz CT molecular complexity index is 1670. The zero-order chi connectivity index (χ0) is 29.7. The number of halogens is 2. The van der Waals surface area contributed by atoms with E-state index in [4.69, 9.17) is 18.9 Å². The number of nitrogens with zero attached hydrogens (tertiary/aromatic N) is 2. The highest BCUT2D eigenvalue weighted by Gasteiger charge is 2.31. The summed E-state index contributed by atoms with van der Waals surface area (Å²) in [6, 6.07) is 8.14. The maximum Gasteiger partial charge on any atom is 0.343 e. The van der Waals surface area contributed by atoms with E-state index in [2.05, 4.69) is 48.3 Å². The second kappa shape index (κ2) is 13.7. The topological polar surface area (TPSA) is 115 Å². The zero-order valence-electron chi connectivity index (χ0n) is 22.6. The van der Waals surface area contributed by atoms with Gasteiger partial charge in [0.2, 0.25) is 0 Å². The maximum atomic E-state index is 13.8. The smallest absolute Gasteiger partial charge is 0.343 e. The van der Waals surface area contributed by atoms with Gasteiger partial charge < -0.3 is 23.7 Å². The molecule has 1 aromatic heterocycles. The van der Waals surface area contributed by atoms with Gasteiger partial charge in [0.15, 0.2) is 22.9 Å². The molecule has 4 rings (SSSR count). The van der Waals surface area contributed by atoms with E-state index in [1.54, 1.807) is 30.3 Å². The van der Waals surface area contributed by atoms with E-state index in [9.17, 15) is 14.4 Å². The molecule has 1 atom stereocenters. The first kappa shape index (κ1) is 30.8. The number of methoxy groups -OCH3 is 2. The molecule has 0 unspecified atom stereocenters. The summed E-state index contributed by atoms with van der Waals surface area (Å²) in [7, 11) is 2.57. The van der Waals surface area contributed by atoms with E-state index in [0.717, 1.165) is 9.13 Å². The Morgan fingerprint density at radius 1 is 1.07 bits per heavy atom. The van der Waals surface area contributed by atoms with Gasteiger partial charge in [0.05, 0.1) is 51.6 Å². The zero-order valence-corrected chi connectivity index (χ0v) is 27.1. The van der Waals surface area contributed by atoms with Crippen molar-refractivity contribution in [3.8, 4) is 17.2 Å². The summed E-state index contributed by atoms with van der Waals surface area (Å²) in [5.41, 5.74) is 1.25. The molecule has 0 spiro atoms. The third-order valence-corrected chi connectivity index (χ3v) is 8.28. The lowest BCUT2D eigenvalue weighted by Crippen LogP contribution is -2.39. The third kappa shape index (κ3) is 6.67. The van der Waals surface area contributed by atoms with Crippen molar-refractivity contribution in [3.63, 3.8) is 0 Å². The van der Waals surface area contributed by atoms with Gasteiger partial charge in [-0.25, -0.2) is 14.6 Å². The molecule has 13 heteroatoms. The number of rotatable bonds is 10. The number of hydrogen-bond acceptors (Lipinski definition) is 10. The van der Waals surface area contributed by atoms with E-state index in [-0.39, 0.29) is 17.7 Å². The minimum atomic E-state index is -0.795. The highest BCUT2D eigenvalue weighted by molar-refractivity contribution is 14.1. The van der Waals surface area contributed by atoms with Gasteiger partial charge in [0.25, 0.3) is 5.56 Å². The van der Waals surface area contributed by atoms with Crippen molar-refractivity contribution in [1.29, 1.82) is 0 Å². The van der Waals surface area contributed by atoms with Crippen LogP contribution in [0.15, 0.2) is 56.4 Å². The number of esters is 2. The van der Waals surface area contributed by atoms with Crippen molar-refractivity contribution in [3.05, 3.63) is 81.0 Å². The largest absolute Gasteiger partial charge is 0.490 e. The second-order valence-electron chi connectivity index (χ2n) is 8.43. The van der Waals surface area contributed by atoms with Crippen LogP contribution in [0.1, 0.15) is 31.0 Å². The summed E-state index contributed by atoms with van der Waals surface area (Å²) in [6.45, 7) is 4.37. The highest BCUT2D eigenvalue weighted by atomic mass is 127. The number of hydrogen-bond donors (Lipinski definition) is 0. The SMILES string of the molecule is CCOc1ccc([C@@H]2C(C(=O)OC)=CN=c3s/c(=C\c4cc(Br)c(OCC(=O)OC)c(I)c4)c(=O)n32)cc1OCC. The Kier molecular flexibility index (Phi) is 10.3. The van der Waals surface area contributed by atoms with E-state index in [1.807, 2.05) is 19.9 Å². The van der Waals surface area contributed by atoms with Gasteiger partial charge in [-0.2, -0.15) is 0 Å². The fourth-order valence-corrected chi connectivity index (χ4v) is 6.87. The van der Waals surface area contributed by atoms with Crippen molar-refractivity contribution in [2.75, 3.05) is 34.0 Å². The van der Waals surface area contributed by atoms with Gasteiger partial charge in [-0.3, -0.25) is 9.36 Å². The van der Waals surface area contributed by atoms with Crippen molar-refractivity contribution < 1.29 is 33.3 Å². The predicted molar refractivity (Wildman–Crippen MR) is 164 cm³/mol. The minimum absolute atomic E-state index is 0.211. The first-order valence-corrected chi connectivity index (χ1v) is 15.1. The number of aromatic nitrogens is 1. The van der Waals surface area contributed by atoms with Crippen LogP contribution in [0.4, 0.5) is 0 Å². The van der Waals surface area contributed by atoms with E-state index >= 15 is 0 Å². The molecule has 2 heterocycles. The lowest BCUT2D eigenvalue weighted by atomic mass is 9.97. The van der Waals surface area contributed by atoms with Crippen molar-refractivity contribution >= 4 is 67.9 Å². The monoisotopic (exact) mass is 756 g/mol. The molecule has 0 fully saturated rings. The van der Waals surface area contributed by atoms with Gasteiger partial charge in [-0.1, -0.05) is 17.4 Å². The Morgan fingerprint density at radius 2 is 1.80 bits per heavy atom. The second-order valence-corrected chi connectivity index (χ2v) is 11.5. The average Bonchev–Trinajstić information content (AvgIpc) is 3.27. The minimum Gasteiger partial charge on any atom is -0.490 e. The van der Waals surface area contributed by atoms with E-state index in [1.165, 1.54) is 36.3 Å². The molecule has 1 aliphatic heterocycles. The molecule has 0 aliphatic carbocycles. The molecule has 10 nitrogen and oxygen atoms in total. The Labute approximate surface area is 261 Å². The van der Waals surface area contributed by atoms with Crippen molar-refractivity contribution in [1.82, 2.24) is 4.57 Å². The van der Waals surface area contributed by atoms with Gasteiger partial charge in [-0.15, -0.1) is 0 Å². The fraction of sp³-hybridized carbons (Fsp3) is 0.286. The lowest BCUT2D eigenvalue weighted by Gasteiger charge is -2.23. The summed E-state index contributed by atoms with van der Waals surface area (Å²) in [4.78, 5) is 43.0. The number of fused-ring (bicyclic) bond motifs is 1. The van der Waals surface area contributed by atoms with Crippen LogP contribution in [0.2, 0.25) is 0 Å². The molecule has 2 aromatic carbocycles. The van der Waals surface area contributed by atoms with Crippen LogP contribution >= 0.6 is 49.9 Å². The summed E-state index contributed by atoms with van der Waals surface area (Å²) >= 11 is 6.78. The molecule has 0 bridgehead atoms. The molecule has 0 saturated carbocycles. The first-order chi connectivity index (χ1) is 19.7. The van der Waals surface area contributed by atoms with Gasteiger partial charge >= 0.3 is 11.9 Å². The number of benzene rings is 2. The van der Waals surface area contributed by atoms with Crippen LogP contribution in [0, 0.1) is 3.57 Å². The molecule has 41 heavy (non-hydrogen) atoms. The Hall–Kier alpha value is -3.17. The normalized spacial score (nSPS) is 14.4. The molecule has 0 radical (unpaired) electrons. The highest BCUT2D eigenvalue weighted by Crippen LogP contribution is 2.35. The maximum absolute atomic E-state index is 13.8. The number of carbonyl (C=O) groups excluding carboxylic acids is 2.